The van der Waals surface area contributed by atoms with Crippen LogP contribution < -0.4 is 10.6 Å². The van der Waals surface area contributed by atoms with E-state index >= 15 is 0 Å². The molecule has 1 heterocycles. The van der Waals surface area contributed by atoms with Gasteiger partial charge in [0.2, 0.25) is 5.91 Å². The maximum atomic E-state index is 11.3. The van der Waals surface area contributed by atoms with Gasteiger partial charge in [-0.15, -0.1) is 0 Å². The predicted octanol–water partition coefficient (Wildman–Crippen LogP) is 0.396. The van der Waals surface area contributed by atoms with Gasteiger partial charge in [0.05, 0.1) is 5.69 Å². The molecule has 0 unspecified atom stereocenters. The van der Waals surface area contributed by atoms with E-state index in [1.807, 2.05) is 0 Å². The summed E-state index contributed by atoms with van der Waals surface area (Å²) in [6, 6.07) is 4.90. The quantitative estimate of drug-likeness (QED) is 0.619. The van der Waals surface area contributed by atoms with Crippen molar-refractivity contribution in [1.82, 2.24) is 15.6 Å². The number of pyridine rings is 1. The van der Waals surface area contributed by atoms with E-state index in [1.54, 1.807) is 12.1 Å². The molecule has 1 aromatic rings. The number of hydrogen-bond donors (Lipinski definition) is 3. The van der Waals surface area contributed by atoms with Gasteiger partial charge in [-0.2, -0.15) is 0 Å². The summed E-state index contributed by atoms with van der Waals surface area (Å²) in [5.74, 6) is -0.666. The van der Waals surface area contributed by atoms with Gasteiger partial charge in [0.25, 0.3) is 0 Å². The van der Waals surface area contributed by atoms with Crippen LogP contribution >= 0.6 is 0 Å². The van der Waals surface area contributed by atoms with Crippen LogP contribution in [0.25, 0.3) is 0 Å². The number of carbonyl (C=O) groups is 2. The number of hydrogen-bond acceptors (Lipinski definition) is 4. The average molecular weight is 263 g/mol. The van der Waals surface area contributed by atoms with E-state index < -0.39 is 5.97 Å². The van der Waals surface area contributed by atoms with Gasteiger partial charge in [-0.1, -0.05) is 6.07 Å². The van der Waals surface area contributed by atoms with Crippen molar-refractivity contribution in [2.45, 2.75) is 19.4 Å². The zero-order valence-electron chi connectivity index (χ0n) is 10.6. The summed E-state index contributed by atoms with van der Waals surface area (Å²) in [6.45, 7) is 1.70. The Bertz CT molecular complexity index is 472. The monoisotopic (exact) mass is 263 g/mol. The number of nitrogens with zero attached hydrogens (tertiary/aromatic N) is 1. The summed E-state index contributed by atoms with van der Waals surface area (Å²) in [7, 11) is 0. The fraction of sp³-hybridized carbons (Fsp3) is 0.462. The maximum Gasteiger partial charge on any atom is 0.354 e. The third-order valence-corrected chi connectivity index (χ3v) is 2.88. The molecular formula is C13H17N3O3. The summed E-state index contributed by atoms with van der Waals surface area (Å²) in [5.41, 5.74) is 0.717. The Kier molecular flexibility index (Phi) is 4.46. The van der Waals surface area contributed by atoms with E-state index in [1.165, 1.54) is 6.07 Å². The van der Waals surface area contributed by atoms with Crippen molar-refractivity contribution >= 4 is 11.9 Å². The molecule has 102 valence electrons. The lowest BCUT2D eigenvalue weighted by molar-refractivity contribution is -0.122. The number of carbonyl (C=O) groups excluding carboxylic acids is 1. The van der Waals surface area contributed by atoms with Crippen LogP contribution in [0.15, 0.2) is 18.2 Å². The Balaban J connectivity index is 1.66. The second-order valence-corrected chi connectivity index (χ2v) is 4.56. The first-order chi connectivity index (χ1) is 9.16. The van der Waals surface area contributed by atoms with Crippen LogP contribution in [0.4, 0.5) is 0 Å². The molecule has 0 atom stereocenters. The Morgan fingerprint density at radius 2 is 2.11 bits per heavy atom. The molecule has 2 rings (SSSR count). The van der Waals surface area contributed by atoms with E-state index in [0.29, 0.717) is 25.3 Å². The van der Waals surface area contributed by atoms with Crippen LogP contribution in [0, 0.1) is 5.92 Å². The molecule has 6 nitrogen and oxygen atoms in total. The molecule has 1 aromatic heterocycles. The summed E-state index contributed by atoms with van der Waals surface area (Å²) < 4.78 is 0. The zero-order valence-corrected chi connectivity index (χ0v) is 10.6. The van der Waals surface area contributed by atoms with Gasteiger partial charge in [-0.05, 0) is 25.0 Å². The second-order valence-electron chi connectivity index (χ2n) is 4.56. The number of aromatic carboxylic acids is 1. The molecule has 0 spiro atoms. The molecule has 0 bridgehead atoms. The van der Waals surface area contributed by atoms with Crippen molar-refractivity contribution in [2.24, 2.45) is 5.92 Å². The third-order valence-electron chi connectivity index (χ3n) is 2.88. The molecular weight excluding hydrogens is 246 g/mol. The van der Waals surface area contributed by atoms with Gasteiger partial charge in [0.1, 0.15) is 5.69 Å². The normalized spacial score (nSPS) is 14.1. The third kappa shape index (κ3) is 4.33. The smallest absolute Gasteiger partial charge is 0.354 e. The Morgan fingerprint density at radius 3 is 2.79 bits per heavy atom. The van der Waals surface area contributed by atoms with Crippen molar-refractivity contribution in [3.8, 4) is 0 Å². The largest absolute Gasteiger partial charge is 0.477 e. The molecule has 1 amide bonds. The molecule has 0 radical (unpaired) electrons. The summed E-state index contributed by atoms with van der Waals surface area (Å²) in [4.78, 5) is 26.1. The van der Waals surface area contributed by atoms with Gasteiger partial charge in [-0.25, -0.2) is 9.78 Å². The Labute approximate surface area is 111 Å². The highest BCUT2D eigenvalue weighted by atomic mass is 16.4. The Morgan fingerprint density at radius 1 is 1.32 bits per heavy atom. The molecule has 1 aliphatic rings. The van der Waals surface area contributed by atoms with Gasteiger partial charge in [-0.3, -0.25) is 4.79 Å². The minimum absolute atomic E-state index is 0.0429. The van der Waals surface area contributed by atoms with E-state index in [4.69, 9.17) is 5.11 Å². The maximum absolute atomic E-state index is 11.3. The highest BCUT2D eigenvalue weighted by Crippen LogP contribution is 2.28. The molecule has 6 heteroatoms. The lowest BCUT2D eigenvalue weighted by atomic mass is 10.3. The molecule has 1 fully saturated rings. The standard InChI is InChI=1S/C13H17N3O3/c17-12(9-4-5-9)15-7-6-14-8-10-2-1-3-11(16-10)13(18)19/h1-3,9,14H,4-8H2,(H,15,17)(H,18,19). The summed E-state index contributed by atoms with van der Waals surface area (Å²) in [6.07, 6.45) is 2.01. The molecule has 1 saturated carbocycles. The van der Waals surface area contributed by atoms with Crippen LogP contribution in [-0.2, 0) is 11.3 Å². The SMILES string of the molecule is O=C(O)c1cccc(CNCCNC(=O)C2CC2)n1. The predicted molar refractivity (Wildman–Crippen MR) is 68.6 cm³/mol. The molecule has 3 N–H and O–H groups in total. The minimum Gasteiger partial charge on any atom is -0.477 e. The number of rotatable bonds is 7. The van der Waals surface area contributed by atoms with Crippen LogP contribution in [0.5, 0.6) is 0 Å². The fourth-order valence-electron chi connectivity index (χ4n) is 1.68. The van der Waals surface area contributed by atoms with Crippen LogP contribution in [0.3, 0.4) is 0 Å². The van der Waals surface area contributed by atoms with Gasteiger partial charge in [0, 0.05) is 25.6 Å². The van der Waals surface area contributed by atoms with Crippen LogP contribution in [0.2, 0.25) is 0 Å². The van der Waals surface area contributed by atoms with Gasteiger partial charge in [0.15, 0.2) is 0 Å². The van der Waals surface area contributed by atoms with Crippen molar-refractivity contribution in [3.63, 3.8) is 0 Å². The molecule has 1 aliphatic carbocycles. The van der Waals surface area contributed by atoms with Crippen LogP contribution in [0.1, 0.15) is 29.0 Å². The topological polar surface area (TPSA) is 91.3 Å². The number of amides is 1. The zero-order chi connectivity index (χ0) is 13.7. The van der Waals surface area contributed by atoms with E-state index in [9.17, 15) is 9.59 Å². The van der Waals surface area contributed by atoms with Crippen LogP contribution in [-0.4, -0.2) is 35.1 Å². The first kappa shape index (κ1) is 13.5. The second kappa shape index (κ2) is 6.29. The lowest BCUT2D eigenvalue weighted by Gasteiger charge is -2.06. The fourth-order valence-corrected chi connectivity index (χ4v) is 1.68. The highest BCUT2D eigenvalue weighted by Gasteiger charge is 2.28. The molecule has 0 aromatic carbocycles. The van der Waals surface area contributed by atoms with E-state index in [0.717, 1.165) is 12.8 Å². The number of nitrogens with one attached hydrogen (secondary N) is 2. The first-order valence-electron chi connectivity index (χ1n) is 6.34. The van der Waals surface area contributed by atoms with E-state index in [-0.39, 0.29) is 17.5 Å². The minimum atomic E-state index is -1.03. The lowest BCUT2D eigenvalue weighted by Crippen LogP contribution is -2.32. The highest BCUT2D eigenvalue weighted by molar-refractivity contribution is 5.85. The van der Waals surface area contributed by atoms with Gasteiger partial charge >= 0.3 is 5.97 Å². The number of carboxylic acids is 1. The number of aromatic nitrogens is 1. The average Bonchev–Trinajstić information content (AvgIpc) is 3.22. The van der Waals surface area contributed by atoms with Gasteiger partial charge < -0.3 is 15.7 Å². The van der Waals surface area contributed by atoms with Crippen molar-refractivity contribution in [1.29, 1.82) is 0 Å². The van der Waals surface area contributed by atoms with Crippen molar-refractivity contribution in [3.05, 3.63) is 29.6 Å². The van der Waals surface area contributed by atoms with E-state index in [2.05, 4.69) is 15.6 Å². The van der Waals surface area contributed by atoms with Crippen molar-refractivity contribution in [2.75, 3.05) is 13.1 Å². The number of carboxylic acid groups (broad SMARTS) is 1. The Hall–Kier alpha value is -1.95. The summed E-state index contributed by atoms with van der Waals surface area (Å²) in [5, 5.41) is 14.8. The molecule has 0 saturated heterocycles. The molecule has 0 aliphatic heterocycles. The molecule has 19 heavy (non-hydrogen) atoms. The summed E-state index contributed by atoms with van der Waals surface area (Å²) >= 11 is 0. The van der Waals surface area contributed by atoms with Crippen molar-refractivity contribution < 1.29 is 14.7 Å². The first-order valence-corrected chi connectivity index (χ1v) is 6.34.